The van der Waals surface area contributed by atoms with Gasteiger partial charge in [-0.1, -0.05) is 0 Å². The van der Waals surface area contributed by atoms with Crippen molar-refractivity contribution in [2.45, 2.75) is 6.30 Å². The SMILES string of the molecule is O=S(=O)=CS(=O)(=O)NC(F)(F)F. The molecule has 5 nitrogen and oxygen atoms in total. The predicted molar refractivity (Wildman–Crippen MR) is 33.1 cm³/mol. The molecule has 10 heteroatoms. The largest absolute Gasteiger partial charge is 0.470 e. The van der Waals surface area contributed by atoms with Crippen LogP contribution in [0.25, 0.3) is 0 Å². The summed E-state index contributed by atoms with van der Waals surface area (Å²) < 4.78 is 73.2. The normalized spacial score (nSPS) is 12.6. The molecule has 0 rings (SSSR count). The average molecular weight is 225 g/mol. The van der Waals surface area contributed by atoms with Gasteiger partial charge < -0.3 is 0 Å². The molecule has 0 atom stereocenters. The maximum absolute atomic E-state index is 11.3. The van der Waals surface area contributed by atoms with Crippen LogP contribution in [-0.4, -0.2) is 27.8 Å². The van der Waals surface area contributed by atoms with E-state index in [-0.39, 0.29) is 4.72 Å². The maximum atomic E-state index is 11.3. The van der Waals surface area contributed by atoms with E-state index in [4.69, 9.17) is 0 Å². The van der Waals surface area contributed by atoms with Crippen LogP contribution in [0.2, 0.25) is 0 Å². The van der Waals surface area contributed by atoms with Gasteiger partial charge in [0.25, 0.3) is 10.0 Å². The summed E-state index contributed by atoms with van der Waals surface area (Å²) in [5.74, 6) is 0. The Morgan fingerprint density at radius 2 is 1.67 bits per heavy atom. The van der Waals surface area contributed by atoms with Crippen LogP contribution < -0.4 is 4.72 Å². The highest BCUT2D eigenvalue weighted by Crippen LogP contribution is 2.10. The highest BCUT2D eigenvalue weighted by molar-refractivity contribution is 8.11. The number of alkyl halides is 3. The van der Waals surface area contributed by atoms with Crippen molar-refractivity contribution in [1.29, 1.82) is 0 Å². The predicted octanol–water partition coefficient (Wildman–Crippen LogP) is -0.936. The van der Waals surface area contributed by atoms with Crippen LogP contribution in [0.4, 0.5) is 13.2 Å². The van der Waals surface area contributed by atoms with E-state index in [2.05, 4.69) is 0 Å². The second-order valence-electron chi connectivity index (χ2n) is 1.50. The Bertz CT molecular complexity index is 367. The molecule has 0 aliphatic rings. The summed E-state index contributed by atoms with van der Waals surface area (Å²) in [5.41, 5.74) is 0. The van der Waals surface area contributed by atoms with E-state index in [0.29, 0.717) is 0 Å². The fourth-order valence-corrected chi connectivity index (χ4v) is 1.63. The van der Waals surface area contributed by atoms with E-state index < -0.39 is 31.3 Å². The van der Waals surface area contributed by atoms with Gasteiger partial charge in [-0.2, -0.15) is 21.6 Å². The molecular formula is C2H2F3NO4S2. The van der Waals surface area contributed by atoms with Gasteiger partial charge in [0.05, 0.1) is 0 Å². The lowest BCUT2D eigenvalue weighted by molar-refractivity contribution is -0.137. The molecule has 0 radical (unpaired) electrons. The summed E-state index contributed by atoms with van der Waals surface area (Å²) in [5, 5.41) is 0. The zero-order valence-electron chi connectivity index (χ0n) is 5.16. The third kappa shape index (κ3) is 6.12. The first-order valence-electron chi connectivity index (χ1n) is 2.16. The summed E-state index contributed by atoms with van der Waals surface area (Å²) in [7, 11) is -8.15. The number of hydrogen-bond donors (Lipinski definition) is 1. The van der Waals surface area contributed by atoms with Gasteiger partial charge in [-0.15, -0.1) is 4.72 Å². The van der Waals surface area contributed by atoms with Gasteiger partial charge in [0, 0.05) is 0 Å². The molecule has 0 bridgehead atoms. The Hall–Kier alpha value is -0.610. The van der Waals surface area contributed by atoms with Crippen LogP contribution in [0, 0.1) is 0 Å². The number of rotatable bonds is 2. The smallest absolute Gasteiger partial charge is 0.206 e. The van der Waals surface area contributed by atoms with Gasteiger partial charge in [0.1, 0.15) is 0 Å². The zero-order valence-corrected chi connectivity index (χ0v) is 6.79. The van der Waals surface area contributed by atoms with Crippen molar-refractivity contribution in [2.24, 2.45) is 0 Å². The topological polar surface area (TPSA) is 80.3 Å². The highest BCUT2D eigenvalue weighted by atomic mass is 32.2. The van der Waals surface area contributed by atoms with Gasteiger partial charge in [0.2, 0.25) is 10.3 Å². The molecule has 0 aromatic heterocycles. The van der Waals surface area contributed by atoms with Crippen LogP contribution >= 0.6 is 0 Å². The van der Waals surface area contributed by atoms with Crippen molar-refractivity contribution >= 4 is 25.0 Å². The summed E-state index contributed by atoms with van der Waals surface area (Å²) in [4.78, 5) is 0. The average Bonchev–Trinajstić information content (AvgIpc) is 1.48. The first kappa shape index (κ1) is 11.4. The van der Waals surface area contributed by atoms with Crippen LogP contribution in [0.15, 0.2) is 0 Å². The molecule has 0 spiro atoms. The van der Waals surface area contributed by atoms with Gasteiger partial charge >= 0.3 is 6.30 Å². The van der Waals surface area contributed by atoms with Crippen molar-refractivity contribution in [2.75, 3.05) is 0 Å². The van der Waals surface area contributed by atoms with Crippen molar-refractivity contribution < 1.29 is 30.0 Å². The molecule has 0 fully saturated rings. The molecule has 12 heavy (non-hydrogen) atoms. The van der Waals surface area contributed by atoms with Crippen LogP contribution in [-0.2, 0) is 20.3 Å². The monoisotopic (exact) mass is 225 g/mol. The first-order chi connectivity index (χ1) is 5.12. The molecule has 0 heterocycles. The summed E-state index contributed by atoms with van der Waals surface area (Å²) >= 11 is 0. The van der Waals surface area contributed by atoms with E-state index in [9.17, 15) is 30.0 Å². The van der Waals surface area contributed by atoms with Gasteiger partial charge in [-0.3, -0.25) is 0 Å². The van der Waals surface area contributed by atoms with Crippen molar-refractivity contribution in [3.63, 3.8) is 0 Å². The lowest BCUT2D eigenvalue weighted by Gasteiger charge is -2.03. The number of hydrogen-bond acceptors (Lipinski definition) is 4. The molecular weight excluding hydrogens is 223 g/mol. The summed E-state index contributed by atoms with van der Waals surface area (Å²) in [6.45, 7) is 0. The maximum Gasteiger partial charge on any atom is 0.470 e. The van der Waals surface area contributed by atoms with E-state index in [0.717, 1.165) is 0 Å². The zero-order chi connectivity index (χ0) is 9.99. The van der Waals surface area contributed by atoms with Crippen LogP contribution in [0.3, 0.4) is 0 Å². The Morgan fingerprint density at radius 3 is 1.92 bits per heavy atom. The molecule has 0 aliphatic carbocycles. The molecule has 0 saturated carbocycles. The van der Waals surface area contributed by atoms with Crippen molar-refractivity contribution in [3.05, 3.63) is 0 Å². The Labute approximate surface area is 66.8 Å². The molecule has 72 valence electrons. The summed E-state index contributed by atoms with van der Waals surface area (Å²) in [6, 6.07) is 0. The highest BCUT2D eigenvalue weighted by Gasteiger charge is 2.33. The fraction of sp³-hybridized carbons (Fsp3) is 0.500. The minimum Gasteiger partial charge on any atom is -0.206 e. The lowest BCUT2D eigenvalue weighted by Crippen LogP contribution is -2.37. The molecule has 0 aliphatic heterocycles. The van der Waals surface area contributed by atoms with E-state index in [1.54, 1.807) is 0 Å². The van der Waals surface area contributed by atoms with E-state index >= 15 is 0 Å². The third-order valence-electron chi connectivity index (χ3n) is 0.463. The number of halogens is 3. The second-order valence-corrected chi connectivity index (χ2v) is 4.09. The molecule has 0 amide bonds. The minimum atomic E-state index is -5.17. The standard InChI is InChI=1S/C2H2F3NO4S2/c3-2(4,5)6-12(9,10)1-11(7)8/h1,6H. The number of sulfonamides is 1. The fourth-order valence-electron chi connectivity index (χ4n) is 0.289. The van der Waals surface area contributed by atoms with Gasteiger partial charge in [-0.25, -0.2) is 8.42 Å². The first-order valence-corrected chi connectivity index (χ1v) is 4.84. The molecule has 0 aromatic rings. The van der Waals surface area contributed by atoms with Gasteiger partial charge in [-0.05, 0) is 0 Å². The molecule has 1 N–H and O–H groups in total. The lowest BCUT2D eigenvalue weighted by atomic mass is 11.3. The van der Waals surface area contributed by atoms with Crippen LogP contribution in [0.1, 0.15) is 0 Å². The Kier molecular flexibility index (Phi) is 3.24. The van der Waals surface area contributed by atoms with Crippen molar-refractivity contribution in [3.8, 4) is 0 Å². The second kappa shape index (κ2) is 3.41. The molecule has 0 aromatic carbocycles. The quantitative estimate of drug-likeness (QED) is 0.486. The van der Waals surface area contributed by atoms with Crippen molar-refractivity contribution in [1.82, 2.24) is 4.72 Å². The number of nitrogens with one attached hydrogen (secondary N) is 1. The van der Waals surface area contributed by atoms with Gasteiger partial charge in [0.15, 0.2) is 4.70 Å². The van der Waals surface area contributed by atoms with E-state index in [1.807, 2.05) is 0 Å². The van der Waals surface area contributed by atoms with E-state index in [1.165, 1.54) is 0 Å². The van der Waals surface area contributed by atoms with Crippen LogP contribution in [0.5, 0.6) is 0 Å². The Morgan fingerprint density at radius 1 is 1.25 bits per heavy atom. The Balaban J connectivity index is 4.83. The third-order valence-corrected chi connectivity index (χ3v) is 2.62. The molecule has 0 unspecified atom stereocenters. The summed E-state index contributed by atoms with van der Waals surface area (Å²) in [6.07, 6.45) is -5.17. The molecule has 0 saturated heterocycles. The minimum absolute atomic E-state index is 0.150.